The molecule has 0 aliphatic carbocycles. The van der Waals surface area contributed by atoms with Crippen molar-refractivity contribution in [1.82, 2.24) is 4.90 Å². The highest BCUT2D eigenvalue weighted by molar-refractivity contribution is 6.30. The van der Waals surface area contributed by atoms with Gasteiger partial charge in [0.15, 0.2) is 11.5 Å². The number of nitrogens with zero attached hydrogens (tertiary/aromatic N) is 1. The minimum Gasteiger partial charge on any atom is -0.493 e. The molecule has 3 aromatic carbocycles. The molecule has 1 N–H and O–H groups in total. The van der Waals surface area contributed by atoms with Gasteiger partial charge in [-0.2, -0.15) is 0 Å². The molecular weight excluding hydrogens is 416 g/mol. The largest absolute Gasteiger partial charge is 0.493 e. The van der Waals surface area contributed by atoms with Gasteiger partial charge in [-0.05, 0) is 35.9 Å². The molecule has 0 aromatic heterocycles. The van der Waals surface area contributed by atoms with E-state index in [0.29, 0.717) is 27.8 Å². The minimum absolute atomic E-state index is 0.134. The molecule has 4 rings (SSSR count). The van der Waals surface area contributed by atoms with Crippen molar-refractivity contribution in [3.63, 3.8) is 0 Å². The van der Waals surface area contributed by atoms with E-state index in [1.54, 1.807) is 36.4 Å². The average Bonchev–Trinajstić information content (AvgIpc) is 2.94. The van der Waals surface area contributed by atoms with Crippen LogP contribution in [0.4, 0.5) is 5.69 Å². The van der Waals surface area contributed by atoms with Gasteiger partial charge >= 0.3 is 0 Å². The second-order valence-electron chi connectivity index (χ2n) is 7.07. The van der Waals surface area contributed by atoms with Crippen LogP contribution in [0.5, 0.6) is 11.5 Å². The molecule has 0 unspecified atom stereocenters. The lowest BCUT2D eigenvalue weighted by Gasteiger charge is -2.31. The Morgan fingerprint density at radius 3 is 2.52 bits per heavy atom. The number of methoxy groups -OCH3 is 2. The Balaban J connectivity index is 1.91. The summed E-state index contributed by atoms with van der Waals surface area (Å²) in [5.41, 5.74) is 2.52. The van der Waals surface area contributed by atoms with Gasteiger partial charge in [0.1, 0.15) is 6.54 Å². The van der Waals surface area contributed by atoms with Crippen molar-refractivity contribution < 1.29 is 19.1 Å². The highest BCUT2D eigenvalue weighted by Gasteiger charge is 2.35. The van der Waals surface area contributed by atoms with E-state index in [-0.39, 0.29) is 18.4 Å². The quantitative estimate of drug-likeness (QED) is 0.652. The molecule has 0 saturated heterocycles. The summed E-state index contributed by atoms with van der Waals surface area (Å²) in [5.74, 6) is 0.106. The number of carbonyl (C=O) groups is 2. The van der Waals surface area contributed by atoms with Crippen molar-refractivity contribution in [3.8, 4) is 11.5 Å². The summed E-state index contributed by atoms with van der Waals surface area (Å²) in [7, 11) is 2.99. The van der Waals surface area contributed by atoms with Crippen molar-refractivity contribution in [1.29, 1.82) is 0 Å². The molecule has 2 amide bonds. The fourth-order valence-electron chi connectivity index (χ4n) is 3.87. The lowest BCUT2D eigenvalue weighted by molar-refractivity contribution is -0.117. The molecular formula is C24H21ClN2O4. The van der Waals surface area contributed by atoms with E-state index in [1.807, 2.05) is 30.3 Å². The van der Waals surface area contributed by atoms with Crippen LogP contribution >= 0.6 is 11.6 Å². The lowest BCUT2D eigenvalue weighted by atomic mass is 9.95. The van der Waals surface area contributed by atoms with Crippen LogP contribution in [0, 0.1) is 0 Å². The maximum Gasteiger partial charge on any atom is 0.259 e. The molecule has 0 spiro atoms. The molecule has 1 heterocycles. The van der Waals surface area contributed by atoms with Crippen molar-refractivity contribution in [2.45, 2.75) is 6.04 Å². The number of amides is 2. The first kappa shape index (κ1) is 20.8. The van der Waals surface area contributed by atoms with Gasteiger partial charge in [0.05, 0.1) is 25.8 Å². The highest BCUT2D eigenvalue weighted by atomic mass is 35.5. The SMILES string of the molecule is COc1cccc(C(=O)N2CC(=O)Nc3ccc(Cl)cc3[C@H]2c2ccccc2)c1OC. The molecule has 1 atom stereocenters. The third kappa shape index (κ3) is 3.94. The Morgan fingerprint density at radius 2 is 1.81 bits per heavy atom. The fraction of sp³-hybridized carbons (Fsp3) is 0.167. The van der Waals surface area contributed by atoms with E-state index >= 15 is 0 Å². The topological polar surface area (TPSA) is 67.9 Å². The van der Waals surface area contributed by atoms with Crippen LogP contribution in [0.2, 0.25) is 5.02 Å². The van der Waals surface area contributed by atoms with E-state index in [0.717, 1.165) is 11.1 Å². The van der Waals surface area contributed by atoms with Crippen molar-refractivity contribution in [3.05, 3.63) is 88.4 Å². The zero-order valence-electron chi connectivity index (χ0n) is 17.1. The monoisotopic (exact) mass is 436 g/mol. The molecule has 31 heavy (non-hydrogen) atoms. The summed E-state index contributed by atoms with van der Waals surface area (Å²) < 4.78 is 10.8. The molecule has 0 bridgehead atoms. The number of anilines is 1. The molecule has 0 radical (unpaired) electrons. The van der Waals surface area contributed by atoms with E-state index in [9.17, 15) is 9.59 Å². The number of benzene rings is 3. The van der Waals surface area contributed by atoms with Crippen molar-refractivity contribution in [2.75, 3.05) is 26.1 Å². The Labute approximate surface area is 185 Å². The maximum atomic E-state index is 13.8. The van der Waals surface area contributed by atoms with E-state index in [2.05, 4.69) is 5.32 Å². The Hall–Kier alpha value is -3.51. The van der Waals surface area contributed by atoms with Crippen LogP contribution in [-0.4, -0.2) is 37.5 Å². The summed E-state index contributed by atoms with van der Waals surface area (Å²) in [4.78, 5) is 28.1. The van der Waals surface area contributed by atoms with Crippen LogP contribution in [0.25, 0.3) is 0 Å². The van der Waals surface area contributed by atoms with Crippen molar-refractivity contribution >= 4 is 29.1 Å². The van der Waals surface area contributed by atoms with Gasteiger partial charge < -0.3 is 19.7 Å². The van der Waals surface area contributed by atoms with E-state index < -0.39 is 6.04 Å². The second-order valence-corrected chi connectivity index (χ2v) is 7.50. The van der Waals surface area contributed by atoms with Crippen LogP contribution < -0.4 is 14.8 Å². The fourth-order valence-corrected chi connectivity index (χ4v) is 4.05. The second kappa shape index (κ2) is 8.70. The Morgan fingerprint density at radius 1 is 1.03 bits per heavy atom. The molecule has 158 valence electrons. The minimum atomic E-state index is -0.530. The van der Waals surface area contributed by atoms with E-state index in [1.165, 1.54) is 19.1 Å². The molecule has 1 aliphatic heterocycles. The zero-order valence-corrected chi connectivity index (χ0v) is 17.8. The lowest BCUT2D eigenvalue weighted by Crippen LogP contribution is -2.39. The van der Waals surface area contributed by atoms with Gasteiger partial charge in [0.2, 0.25) is 5.91 Å². The normalized spacial score (nSPS) is 15.5. The van der Waals surface area contributed by atoms with Crippen LogP contribution in [-0.2, 0) is 4.79 Å². The molecule has 7 heteroatoms. The molecule has 0 saturated carbocycles. The van der Waals surface area contributed by atoms with Gasteiger partial charge in [-0.1, -0.05) is 48.0 Å². The predicted molar refractivity (Wildman–Crippen MR) is 119 cm³/mol. The summed E-state index contributed by atoms with van der Waals surface area (Å²) in [6.45, 7) is -0.134. The highest BCUT2D eigenvalue weighted by Crippen LogP contribution is 2.39. The number of halogens is 1. The number of carbonyl (C=O) groups excluding carboxylic acids is 2. The number of para-hydroxylation sites is 1. The summed E-state index contributed by atoms with van der Waals surface area (Å²) >= 11 is 6.30. The number of hydrogen-bond donors (Lipinski definition) is 1. The number of hydrogen-bond acceptors (Lipinski definition) is 4. The van der Waals surface area contributed by atoms with Gasteiger partial charge in [0, 0.05) is 16.3 Å². The molecule has 3 aromatic rings. The summed E-state index contributed by atoms with van der Waals surface area (Å²) in [5, 5.41) is 3.41. The molecule has 1 aliphatic rings. The van der Waals surface area contributed by atoms with Crippen LogP contribution in [0.15, 0.2) is 66.7 Å². The number of rotatable bonds is 4. The third-order valence-electron chi connectivity index (χ3n) is 5.22. The van der Waals surface area contributed by atoms with Crippen LogP contribution in [0.3, 0.4) is 0 Å². The standard InChI is InChI=1S/C24H21ClN2O4/c1-30-20-10-6-9-17(23(20)31-2)24(29)27-14-21(28)26-19-12-11-16(25)13-18(19)22(27)15-7-4-3-5-8-15/h3-13,22H,14H2,1-2H3,(H,26,28)/t22-/m1/s1. The average molecular weight is 437 g/mol. The number of nitrogens with one attached hydrogen (secondary N) is 1. The smallest absolute Gasteiger partial charge is 0.259 e. The van der Waals surface area contributed by atoms with E-state index in [4.69, 9.17) is 21.1 Å². The number of ether oxygens (including phenoxy) is 2. The first-order chi connectivity index (χ1) is 15.0. The van der Waals surface area contributed by atoms with Crippen LogP contribution in [0.1, 0.15) is 27.5 Å². The molecule has 0 fully saturated rings. The number of fused-ring (bicyclic) bond motifs is 1. The van der Waals surface area contributed by atoms with Gasteiger partial charge in [-0.25, -0.2) is 0 Å². The summed E-state index contributed by atoms with van der Waals surface area (Å²) in [6.07, 6.45) is 0. The van der Waals surface area contributed by atoms with Crippen molar-refractivity contribution in [2.24, 2.45) is 0 Å². The third-order valence-corrected chi connectivity index (χ3v) is 5.45. The van der Waals surface area contributed by atoms with Gasteiger partial charge in [0.25, 0.3) is 5.91 Å². The van der Waals surface area contributed by atoms with Gasteiger partial charge in [-0.3, -0.25) is 9.59 Å². The first-order valence-electron chi connectivity index (χ1n) is 9.69. The zero-order chi connectivity index (χ0) is 22.0. The predicted octanol–water partition coefficient (Wildman–Crippen LogP) is 4.54. The Kier molecular flexibility index (Phi) is 5.82. The maximum absolute atomic E-state index is 13.8. The Bertz CT molecular complexity index is 1130. The molecule has 6 nitrogen and oxygen atoms in total. The van der Waals surface area contributed by atoms with Gasteiger partial charge in [-0.15, -0.1) is 0 Å². The summed E-state index contributed by atoms with van der Waals surface area (Å²) in [6, 6.07) is 19.4. The first-order valence-corrected chi connectivity index (χ1v) is 10.1.